The summed E-state index contributed by atoms with van der Waals surface area (Å²) in [5.74, 6) is 0.478. The number of fused-ring (bicyclic) bond motifs is 1. The number of piperidine rings is 1. The van der Waals surface area contributed by atoms with Crippen LogP contribution in [0.2, 0.25) is 0 Å². The first kappa shape index (κ1) is 20.2. The van der Waals surface area contributed by atoms with Crippen LogP contribution in [0.25, 0.3) is 10.9 Å². The Kier molecular flexibility index (Phi) is 5.38. The standard InChI is InChI=1S/C21H24N4O4S/c1-24(30(2,27)28)17-4-6-20(23-14-17)29-18-8-11-25(12-9-18)21(26)16-3-5-19-15(13-16)7-10-22-19/h3-7,10,13-14,18,22H,8-9,11-12H2,1-2H3. The third-order valence-electron chi connectivity index (χ3n) is 5.40. The molecule has 0 bridgehead atoms. The molecule has 1 aromatic carbocycles. The Hall–Kier alpha value is -3.07. The van der Waals surface area contributed by atoms with E-state index < -0.39 is 10.0 Å². The minimum atomic E-state index is -3.33. The summed E-state index contributed by atoms with van der Waals surface area (Å²) in [6.45, 7) is 1.23. The van der Waals surface area contributed by atoms with E-state index in [0.29, 0.717) is 43.1 Å². The first-order chi connectivity index (χ1) is 14.3. The van der Waals surface area contributed by atoms with Crippen LogP contribution in [0, 0.1) is 0 Å². The number of hydrogen-bond donors (Lipinski definition) is 1. The van der Waals surface area contributed by atoms with Crippen LogP contribution >= 0.6 is 0 Å². The van der Waals surface area contributed by atoms with Crippen LogP contribution in [0.1, 0.15) is 23.2 Å². The molecular weight excluding hydrogens is 404 g/mol. The molecule has 4 rings (SSSR count). The molecule has 0 atom stereocenters. The average Bonchev–Trinajstić information content (AvgIpc) is 3.21. The number of amides is 1. The van der Waals surface area contributed by atoms with Gasteiger partial charge in [-0.15, -0.1) is 0 Å². The van der Waals surface area contributed by atoms with Crippen LogP contribution in [-0.4, -0.2) is 61.7 Å². The fourth-order valence-corrected chi connectivity index (χ4v) is 4.03. The minimum Gasteiger partial charge on any atom is -0.474 e. The Morgan fingerprint density at radius 1 is 1.20 bits per heavy atom. The number of hydrogen-bond acceptors (Lipinski definition) is 5. The number of anilines is 1. The molecule has 1 N–H and O–H groups in total. The van der Waals surface area contributed by atoms with Gasteiger partial charge in [0, 0.05) is 61.7 Å². The zero-order valence-corrected chi connectivity index (χ0v) is 17.7. The molecule has 0 radical (unpaired) electrons. The highest BCUT2D eigenvalue weighted by atomic mass is 32.2. The number of aromatic amines is 1. The predicted molar refractivity (Wildman–Crippen MR) is 115 cm³/mol. The fourth-order valence-electron chi connectivity index (χ4n) is 3.54. The number of aromatic nitrogens is 2. The molecule has 1 aliphatic heterocycles. The number of nitrogens with one attached hydrogen (secondary N) is 1. The summed E-state index contributed by atoms with van der Waals surface area (Å²) in [7, 11) is -1.85. The van der Waals surface area contributed by atoms with E-state index in [2.05, 4.69) is 9.97 Å². The molecule has 3 aromatic rings. The van der Waals surface area contributed by atoms with E-state index in [4.69, 9.17) is 4.74 Å². The zero-order valence-electron chi connectivity index (χ0n) is 16.9. The molecule has 0 saturated carbocycles. The van der Waals surface area contributed by atoms with E-state index in [1.54, 1.807) is 12.1 Å². The number of H-pyrrole nitrogens is 1. The van der Waals surface area contributed by atoms with Crippen LogP contribution in [0.15, 0.2) is 48.8 Å². The lowest BCUT2D eigenvalue weighted by molar-refractivity contribution is 0.0588. The van der Waals surface area contributed by atoms with Crippen molar-refractivity contribution >= 4 is 32.5 Å². The quantitative estimate of drug-likeness (QED) is 0.674. The van der Waals surface area contributed by atoms with E-state index >= 15 is 0 Å². The highest BCUT2D eigenvalue weighted by Gasteiger charge is 2.25. The summed E-state index contributed by atoms with van der Waals surface area (Å²) in [5, 5.41) is 1.02. The minimum absolute atomic E-state index is 0.0304. The van der Waals surface area contributed by atoms with E-state index in [0.717, 1.165) is 17.2 Å². The molecule has 2 aromatic heterocycles. The van der Waals surface area contributed by atoms with Crippen molar-refractivity contribution in [3.63, 3.8) is 0 Å². The van der Waals surface area contributed by atoms with Crippen molar-refractivity contribution < 1.29 is 17.9 Å². The monoisotopic (exact) mass is 428 g/mol. The van der Waals surface area contributed by atoms with Crippen molar-refractivity contribution in [1.29, 1.82) is 0 Å². The molecule has 1 fully saturated rings. The van der Waals surface area contributed by atoms with Gasteiger partial charge in [0.1, 0.15) is 6.10 Å². The van der Waals surface area contributed by atoms with Gasteiger partial charge >= 0.3 is 0 Å². The van der Waals surface area contributed by atoms with Crippen LogP contribution in [0.4, 0.5) is 5.69 Å². The molecule has 8 nitrogen and oxygen atoms in total. The van der Waals surface area contributed by atoms with Crippen LogP contribution in [0.3, 0.4) is 0 Å². The molecule has 0 spiro atoms. The molecule has 158 valence electrons. The SMILES string of the molecule is CN(c1ccc(OC2CCN(C(=O)c3ccc4[nH]ccc4c3)CC2)nc1)S(C)(=O)=O. The van der Waals surface area contributed by atoms with Crippen molar-refractivity contribution in [3.8, 4) is 5.88 Å². The third-order valence-corrected chi connectivity index (χ3v) is 6.60. The Balaban J connectivity index is 1.33. The van der Waals surface area contributed by atoms with Gasteiger partial charge < -0.3 is 14.6 Å². The lowest BCUT2D eigenvalue weighted by Crippen LogP contribution is -2.41. The van der Waals surface area contributed by atoms with E-state index in [-0.39, 0.29) is 12.0 Å². The maximum absolute atomic E-state index is 12.8. The number of carbonyl (C=O) groups excluding carboxylic acids is 1. The highest BCUT2D eigenvalue weighted by molar-refractivity contribution is 7.92. The van der Waals surface area contributed by atoms with E-state index in [1.807, 2.05) is 35.4 Å². The molecule has 0 aliphatic carbocycles. The van der Waals surface area contributed by atoms with Gasteiger partial charge in [0.15, 0.2) is 0 Å². The second-order valence-electron chi connectivity index (χ2n) is 7.47. The number of likely N-dealkylation sites (tertiary alicyclic amines) is 1. The topological polar surface area (TPSA) is 95.6 Å². The Morgan fingerprint density at radius 2 is 1.97 bits per heavy atom. The van der Waals surface area contributed by atoms with Gasteiger partial charge in [-0.1, -0.05) is 0 Å². The number of carbonyl (C=O) groups is 1. The predicted octanol–water partition coefficient (Wildman–Crippen LogP) is 2.64. The van der Waals surface area contributed by atoms with Gasteiger partial charge in [-0.3, -0.25) is 9.10 Å². The van der Waals surface area contributed by atoms with Crippen molar-refractivity contribution in [2.45, 2.75) is 18.9 Å². The van der Waals surface area contributed by atoms with Gasteiger partial charge in [0.05, 0.1) is 18.1 Å². The lowest BCUT2D eigenvalue weighted by Gasteiger charge is -2.32. The number of sulfonamides is 1. The Morgan fingerprint density at radius 3 is 2.63 bits per heavy atom. The van der Waals surface area contributed by atoms with Crippen LogP contribution in [-0.2, 0) is 10.0 Å². The number of ether oxygens (including phenoxy) is 1. The molecule has 1 aliphatic rings. The number of pyridine rings is 1. The van der Waals surface area contributed by atoms with Crippen molar-refractivity contribution in [2.24, 2.45) is 0 Å². The van der Waals surface area contributed by atoms with Gasteiger partial charge in [-0.05, 0) is 30.3 Å². The smallest absolute Gasteiger partial charge is 0.253 e. The van der Waals surface area contributed by atoms with Gasteiger partial charge in [-0.25, -0.2) is 13.4 Å². The Labute approximate surface area is 175 Å². The summed E-state index contributed by atoms with van der Waals surface area (Å²) in [6, 6.07) is 11.0. The summed E-state index contributed by atoms with van der Waals surface area (Å²) in [4.78, 5) is 22.0. The normalized spacial score (nSPS) is 15.3. The van der Waals surface area contributed by atoms with Crippen molar-refractivity contribution in [1.82, 2.24) is 14.9 Å². The molecule has 3 heterocycles. The zero-order chi connectivity index (χ0) is 21.3. The maximum Gasteiger partial charge on any atom is 0.253 e. The van der Waals surface area contributed by atoms with Gasteiger partial charge in [0.2, 0.25) is 15.9 Å². The Bertz CT molecular complexity index is 1150. The summed E-state index contributed by atoms with van der Waals surface area (Å²) >= 11 is 0. The molecule has 1 amide bonds. The van der Waals surface area contributed by atoms with Crippen LogP contribution < -0.4 is 9.04 Å². The summed E-state index contributed by atoms with van der Waals surface area (Å²) in [6.07, 6.45) is 5.87. The molecule has 30 heavy (non-hydrogen) atoms. The van der Waals surface area contributed by atoms with E-state index in [9.17, 15) is 13.2 Å². The first-order valence-electron chi connectivity index (χ1n) is 9.74. The number of benzene rings is 1. The van der Waals surface area contributed by atoms with Crippen LogP contribution in [0.5, 0.6) is 5.88 Å². The molecule has 9 heteroatoms. The fraction of sp³-hybridized carbons (Fsp3) is 0.333. The molecule has 0 unspecified atom stereocenters. The third kappa shape index (κ3) is 4.25. The lowest BCUT2D eigenvalue weighted by atomic mass is 10.1. The summed E-state index contributed by atoms with van der Waals surface area (Å²) in [5.41, 5.74) is 2.18. The highest BCUT2D eigenvalue weighted by Crippen LogP contribution is 2.22. The largest absolute Gasteiger partial charge is 0.474 e. The molecule has 1 saturated heterocycles. The molecular formula is C21H24N4O4S. The second-order valence-corrected chi connectivity index (χ2v) is 9.49. The van der Waals surface area contributed by atoms with Crippen molar-refractivity contribution in [3.05, 3.63) is 54.4 Å². The van der Waals surface area contributed by atoms with Gasteiger partial charge in [0.25, 0.3) is 5.91 Å². The number of nitrogens with zero attached hydrogens (tertiary/aromatic N) is 3. The maximum atomic E-state index is 12.8. The average molecular weight is 429 g/mol. The summed E-state index contributed by atoms with van der Waals surface area (Å²) < 4.78 is 30.3. The number of rotatable bonds is 5. The van der Waals surface area contributed by atoms with Gasteiger partial charge in [-0.2, -0.15) is 0 Å². The first-order valence-corrected chi connectivity index (χ1v) is 11.6. The van der Waals surface area contributed by atoms with Crippen molar-refractivity contribution in [2.75, 3.05) is 30.7 Å². The van der Waals surface area contributed by atoms with E-state index in [1.165, 1.54) is 17.5 Å². The second kappa shape index (κ2) is 7.98.